The topological polar surface area (TPSA) is 32.3 Å². The van der Waals surface area contributed by atoms with Gasteiger partial charge in [-0.05, 0) is 49.9 Å². The molecule has 0 fully saturated rings. The molecule has 1 rings (SSSR count). The van der Waals surface area contributed by atoms with Gasteiger partial charge in [-0.3, -0.25) is 0 Å². The molecule has 18 heavy (non-hydrogen) atoms. The van der Waals surface area contributed by atoms with Crippen LogP contribution in [0.5, 0.6) is 0 Å². The van der Waals surface area contributed by atoms with Gasteiger partial charge in [-0.15, -0.1) is 0 Å². The zero-order chi connectivity index (χ0) is 13.6. The van der Waals surface area contributed by atoms with Gasteiger partial charge in [-0.1, -0.05) is 45.0 Å². The fourth-order valence-electron chi connectivity index (χ4n) is 2.16. The van der Waals surface area contributed by atoms with Crippen molar-refractivity contribution in [3.8, 4) is 0 Å². The van der Waals surface area contributed by atoms with Crippen LogP contribution in [0.1, 0.15) is 45.2 Å². The maximum absolute atomic E-state index is 10.5. The molecule has 0 aromatic heterocycles. The lowest BCUT2D eigenvalue weighted by Gasteiger charge is -2.24. The predicted molar refractivity (Wildman–Crippen MR) is 77.7 cm³/mol. The molecule has 0 saturated heterocycles. The van der Waals surface area contributed by atoms with Gasteiger partial charge in [0.25, 0.3) is 0 Å². The Bertz CT molecular complexity index is 358. The highest BCUT2D eigenvalue weighted by Crippen LogP contribution is 2.25. The van der Waals surface area contributed by atoms with Crippen LogP contribution in [0.2, 0.25) is 0 Å². The highest BCUT2D eigenvalue weighted by atomic mass is 16.3. The fraction of sp³-hybridized carbons (Fsp3) is 0.625. The maximum atomic E-state index is 10.5. The highest BCUT2D eigenvalue weighted by Gasteiger charge is 2.22. The molecule has 0 radical (unpaired) electrons. The van der Waals surface area contributed by atoms with E-state index in [0.29, 0.717) is 5.92 Å². The largest absolute Gasteiger partial charge is 0.385 e. The first-order valence-corrected chi connectivity index (χ1v) is 6.98. The molecule has 0 aliphatic heterocycles. The Morgan fingerprint density at radius 3 is 2.67 bits per heavy atom. The molecule has 1 unspecified atom stereocenters. The summed E-state index contributed by atoms with van der Waals surface area (Å²) in [6.45, 7) is 10.2. The van der Waals surface area contributed by atoms with Gasteiger partial charge >= 0.3 is 0 Å². The van der Waals surface area contributed by atoms with E-state index in [-0.39, 0.29) is 0 Å². The predicted octanol–water partition coefficient (Wildman–Crippen LogP) is 3.09. The van der Waals surface area contributed by atoms with Crippen LogP contribution < -0.4 is 5.32 Å². The van der Waals surface area contributed by atoms with Gasteiger partial charge in [0.05, 0.1) is 5.60 Å². The fourth-order valence-corrected chi connectivity index (χ4v) is 2.16. The van der Waals surface area contributed by atoms with E-state index in [9.17, 15) is 5.11 Å². The average Bonchev–Trinajstić information content (AvgIpc) is 2.28. The molecule has 2 nitrogen and oxygen atoms in total. The average molecular weight is 249 g/mol. The third kappa shape index (κ3) is 4.79. The van der Waals surface area contributed by atoms with Crippen molar-refractivity contribution < 1.29 is 5.11 Å². The minimum absolute atomic E-state index is 0.645. The van der Waals surface area contributed by atoms with Gasteiger partial charge in [-0.25, -0.2) is 0 Å². The molecular weight excluding hydrogens is 222 g/mol. The summed E-state index contributed by atoms with van der Waals surface area (Å²) in [7, 11) is 0. The van der Waals surface area contributed by atoms with Gasteiger partial charge in [0.2, 0.25) is 0 Å². The lowest BCUT2D eigenvalue weighted by Crippen LogP contribution is -2.27. The van der Waals surface area contributed by atoms with Crippen LogP contribution in [-0.2, 0) is 12.0 Å². The van der Waals surface area contributed by atoms with Gasteiger partial charge < -0.3 is 10.4 Å². The minimum Gasteiger partial charge on any atom is -0.385 e. The van der Waals surface area contributed by atoms with Crippen LogP contribution in [0.4, 0.5) is 0 Å². The Kier molecular flexibility index (Phi) is 5.83. The van der Waals surface area contributed by atoms with Crippen molar-refractivity contribution in [1.82, 2.24) is 5.32 Å². The Balaban J connectivity index is 2.74. The quantitative estimate of drug-likeness (QED) is 0.728. The molecular formula is C16H27NO. The third-order valence-electron chi connectivity index (χ3n) is 3.23. The first-order chi connectivity index (χ1) is 8.45. The van der Waals surface area contributed by atoms with Crippen molar-refractivity contribution in [3.63, 3.8) is 0 Å². The molecule has 2 heteroatoms. The molecule has 0 aliphatic carbocycles. The van der Waals surface area contributed by atoms with Gasteiger partial charge in [0, 0.05) is 0 Å². The molecule has 0 spiro atoms. The third-order valence-corrected chi connectivity index (χ3v) is 3.23. The number of hydrogen-bond donors (Lipinski definition) is 2. The summed E-state index contributed by atoms with van der Waals surface area (Å²) in [6.07, 6.45) is 1.81. The highest BCUT2D eigenvalue weighted by molar-refractivity contribution is 5.28. The number of benzene rings is 1. The molecule has 2 N–H and O–H groups in total. The molecule has 0 heterocycles. The van der Waals surface area contributed by atoms with Crippen LogP contribution in [0.3, 0.4) is 0 Å². The monoisotopic (exact) mass is 249 g/mol. The minimum atomic E-state index is -0.741. The summed E-state index contributed by atoms with van der Waals surface area (Å²) in [5.41, 5.74) is 1.60. The zero-order valence-corrected chi connectivity index (χ0v) is 12.2. The van der Waals surface area contributed by atoms with Crippen LogP contribution in [-0.4, -0.2) is 18.2 Å². The molecule has 1 atom stereocenters. The Labute approximate surface area is 111 Å². The van der Waals surface area contributed by atoms with E-state index in [1.807, 2.05) is 13.0 Å². The summed E-state index contributed by atoms with van der Waals surface area (Å²) >= 11 is 0. The first kappa shape index (κ1) is 15.2. The second-order valence-electron chi connectivity index (χ2n) is 5.68. The van der Waals surface area contributed by atoms with Crippen molar-refractivity contribution in [2.24, 2.45) is 5.92 Å². The van der Waals surface area contributed by atoms with E-state index in [2.05, 4.69) is 44.3 Å². The van der Waals surface area contributed by atoms with Gasteiger partial charge in [0.15, 0.2) is 0 Å². The number of nitrogens with one attached hydrogen (secondary N) is 1. The molecule has 0 amide bonds. The van der Waals surface area contributed by atoms with Gasteiger partial charge in [0.1, 0.15) is 0 Å². The second kappa shape index (κ2) is 6.91. The lowest BCUT2D eigenvalue weighted by molar-refractivity contribution is 0.0481. The maximum Gasteiger partial charge on any atom is 0.0880 e. The second-order valence-corrected chi connectivity index (χ2v) is 5.68. The summed E-state index contributed by atoms with van der Waals surface area (Å²) in [6, 6.07) is 8.36. The summed E-state index contributed by atoms with van der Waals surface area (Å²) in [4.78, 5) is 0. The SMILES string of the molecule is CCNCCC(C)(O)c1cccc(CC(C)C)c1. The van der Waals surface area contributed by atoms with Crippen LogP contribution >= 0.6 is 0 Å². The number of rotatable bonds is 7. The molecule has 0 saturated carbocycles. The van der Waals surface area contributed by atoms with E-state index in [0.717, 1.165) is 31.5 Å². The normalized spacial score (nSPS) is 14.8. The Hall–Kier alpha value is -0.860. The molecule has 102 valence electrons. The Morgan fingerprint density at radius 2 is 2.06 bits per heavy atom. The van der Waals surface area contributed by atoms with Crippen molar-refractivity contribution in [2.75, 3.05) is 13.1 Å². The Morgan fingerprint density at radius 1 is 1.33 bits per heavy atom. The van der Waals surface area contributed by atoms with Crippen LogP contribution in [0.25, 0.3) is 0 Å². The summed E-state index contributed by atoms with van der Waals surface area (Å²) in [5.74, 6) is 0.645. The van der Waals surface area contributed by atoms with E-state index in [1.54, 1.807) is 0 Å². The number of aliphatic hydroxyl groups is 1. The number of hydrogen-bond acceptors (Lipinski definition) is 2. The van der Waals surface area contributed by atoms with E-state index >= 15 is 0 Å². The molecule has 1 aromatic rings. The smallest absolute Gasteiger partial charge is 0.0880 e. The van der Waals surface area contributed by atoms with Crippen molar-refractivity contribution in [2.45, 2.75) is 46.1 Å². The summed E-state index contributed by atoms with van der Waals surface area (Å²) in [5, 5.41) is 13.8. The molecule has 0 bridgehead atoms. The van der Waals surface area contributed by atoms with Gasteiger partial charge in [-0.2, -0.15) is 0 Å². The molecule has 0 aliphatic rings. The van der Waals surface area contributed by atoms with E-state index in [1.165, 1.54) is 5.56 Å². The van der Waals surface area contributed by atoms with Crippen molar-refractivity contribution in [1.29, 1.82) is 0 Å². The lowest BCUT2D eigenvalue weighted by atomic mass is 9.90. The summed E-state index contributed by atoms with van der Waals surface area (Å²) < 4.78 is 0. The first-order valence-electron chi connectivity index (χ1n) is 6.98. The van der Waals surface area contributed by atoms with Crippen molar-refractivity contribution in [3.05, 3.63) is 35.4 Å². The van der Waals surface area contributed by atoms with Crippen molar-refractivity contribution >= 4 is 0 Å². The van der Waals surface area contributed by atoms with E-state index in [4.69, 9.17) is 0 Å². The van der Waals surface area contributed by atoms with Crippen LogP contribution in [0.15, 0.2) is 24.3 Å². The van der Waals surface area contributed by atoms with E-state index < -0.39 is 5.60 Å². The standard InChI is InChI=1S/C16H27NO/c1-5-17-10-9-16(4,18)15-8-6-7-14(12-15)11-13(2)3/h6-8,12-13,17-18H,5,9-11H2,1-4H3. The zero-order valence-electron chi connectivity index (χ0n) is 12.2. The van der Waals surface area contributed by atoms with Crippen LogP contribution in [0, 0.1) is 5.92 Å². The molecule has 1 aromatic carbocycles.